The first kappa shape index (κ1) is 25.0. The molecule has 5 rings (SSSR count). The molecule has 2 aromatic rings. The summed E-state index contributed by atoms with van der Waals surface area (Å²) in [6.07, 6.45) is 2.79. The highest BCUT2D eigenvalue weighted by Gasteiger charge is 2.56. The van der Waals surface area contributed by atoms with Crippen molar-refractivity contribution in [2.75, 3.05) is 40.3 Å². The molecule has 1 aromatic carbocycles. The number of piperidine rings is 1. The number of carbonyl (C=O) groups excluding carboxylic acids is 3. The first-order chi connectivity index (χ1) is 17.7. The van der Waals surface area contributed by atoms with Crippen molar-refractivity contribution in [1.82, 2.24) is 19.3 Å². The van der Waals surface area contributed by atoms with E-state index in [1.807, 2.05) is 34.9 Å². The van der Waals surface area contributed by atoms with Gasteiger partial charge in [-0.3, -0.25) is 24.2 Å². The van der Waals surface area contributed by atoms with Crippen LogP contribution in [0.3, 0.4) is 0 Å². The van der Waals surface area contributed by atoms with Gasteiger partial charge in [-0.15, -0.1) is 0 Å². The lowest BCUT2D eigenvalue weighted by molar-refractivity contribution is -0.159. The van der Waals surface area contributed by atoms with Gasteiger partial charge in [0.05, 0.1) is 0 Å². The molecule has 3 aliphatic heterocycles. The zero-order valence-corrected chi connectivity index (χ0v) is 21.3. The molecule has 37 heavy (non-hydrogen) atoms. The fraction of sp³-hybridized carbons (Fsp3) is 0.429. The summed E-state index contributed by atoms with van der Waals surface area (Å²) in [5, 5.41) is 0. The van der Waals surface area contributed by atoms with E-state index in [-0.39, 0.29) is 30.4 Å². The maximum Gasteiger partial charge on any atom is 0.332 e. The largest absolute Gasteiger partial charge is 0.490 e. The molecule has 4 amide bonds. The van der Waals surface area contributed by atoms with Gasteiger partial charge in [-0.1, -0.05) is 30.9 Å². The minimum absolute atomic E-state index is 0.0111. The van der Waals surface area contributed by atoms with Crippen molar-refractivity contribution in [2.45, 2.75) is 25.3 Å². The quantitative estimate of drug-likeness (QED) is 0.424. The molecule has 9 heteroatoms. The summed E-state index contributed by atoms with van der Waals surface area (Å²) in [4.78, 5) is 56.8. The van der Waals surface area contributed by atoms with Crippen LogP contribution in [-0.4, -0.2) is 77.4 Å². The molecular weight excluding hydrogens is 472 g/mol. The summed E-state index contributed by atoms with van der Waals surface area (Å²) in [6.45, 7) is 6.17. The molecule has 2 saturated heterocycles. The second kappa shape index (κ2) is 9.63. The Morgan fingerprint density at radius 3 is 2.35 bits per heavy atom. The van der Waals surface area contributed by atoms with Crippen molar-refractivity contribution < 1.29 is 19.1 Å². The molecule has 0 spiro atoms. The molecule has 2 fully saturated rings. The lowest BCUT2D eigenvalue weighted by atomic mass is 9.75. The van der Waals surface area contributed by atoms with Crippen LogP contribution in [0.4, 0.5) is 4.79 Å². The van der Waals surface area contributed by atoms with E-state index in [2.05, 4.69) is 11.5 Å². The van der Waals surface area contributed by atoms with Crippen LogP contribution in [0.5, 0.6) is 5.75 Å². The van der Waals surface area contributed by atoms with Crippen molar-refractivity contribution in [3.63, 3.8) is 0 Å². The van der Waals surface area contributed by atoms with Crippen LogP contribution in [0.1, 0.15) is 23.6 Å². The van der Waals surface area contributed by atoms with Gasteiger partial charge in [0.25, 0.3) is 5.56 Å². The summed E-state index contributed by atoms with van der Waals surface area (Å²) < 4.78 is 7.43. The minimum atomic E-state index is -1.44. The van der Waals surface area contributed by atoms with E-state index in [4.69, 9.17) is 4.74 Å². The van der Waals surface area contributed by atoms with Crippen LogP contribution in [0.2, 0.25) is 0 Å². The number of hydrogen-bond donors (Lipinski definition) is 0. The van der Waals surface area contributed by atoms with Crippen molar-refractivity contribution >= 4 is 17.8 Å². The van der Waals surface area contributed by atoms with Crippen molar-refractivity contribution in [2.24, 2.45) is 11.3 Å². The topological polar surface area (TPSA) is 92.2 Å². The highest BCUT2D eigenvalue weighted by atomic mass is 16.5. The Labute approximate surface area is 215 Å². The van der Waals surface area contributed by atoms with E-state index in [1.165, 1.54) is 14.1 Å². The highest BCUT2D eigenvalue weighted by molar-refractivity contribution is 6.19. The molecule has 2 bridgehead atoms. The number of hydrogen-bond acceptors (Lipinski definition) is 6. The number of ether oxygens (including phenoxy) is 1. The first-order valence-electron chi connectivity index (χ1n) is 12.6. The molecule has 0 saturated carbocycles. The fourth-order valence-electron chi connectivity index (χ4n) is 6.19. The maximum absolute atomic E-state index is 13.7. The second-order valence-corrected chi connectivity index (χ2v) is 10.4. The molecule has 0 aliphatic carbocycles. The molecule has 194 valence electrons. The zero-order valence-electron chi connectivity index (χ0n) is 21.3. The Morgan fingerprint density at radius 2 is 1.68 bits per heavy atom. The number of pyridine rings is 1. The number of fused-ring (bicyclic) bond motifs is 4. The van der Waals surface area contributed by atoms with E-state index in [9.17, 15) is 19.2 Å². The average molecular weight is 505 g/mol. The van der Waals surface area contributed by atoms with Crippen LogP contribution in [0, 0.1) is 11.3 Å². The zero-order chi connectivity index (χ0) is 26.3. The number of benzene rings is 1. The molecule has 4 heterocycles. The molecule has 1 unspecified atom stereocenters. The molecule has 3 aliphatic rings. The molecular formula is C28H32N4O5. The molecule has 2 atom stereocenters. The monoisotopic (exact) mass is 504 g/mol. The van der Waals surface area contributed by atoms with Crippen molar-refractivity contribution in [1.29, 1.82) is 0 Å². The van der Waals surface area contributed by atoms with E-state index >= 15 is 0 Å². The van der Waals surface area contributed by atoms with E-state index in [0.29, 0.717) is 32.0 Å². The van der Waals surface area contributed by atoms with Gasteiger partial charge in [-0.05, 0) is 42.5 Å². The fourth-order valence-corrected chi connectivity index (χ4v) is 6.19. The molecule has 1 aromatic heterocycles. The number of barbiturate groups is 1. The summed E-state index contributed by atoms with van der Waals surface area (Å²) in [6, 6.07) is 12.1. The van der Waals surface area contributed by atoms with E-state index in [1.54, 1.807) is 18.2 Å². The number of urea groups is 1. The maximum atomic E-state index is 13.7. The van der Waals surface area contributed by atoms with Crippen LogP contribution in [-0.2, 0) is 22.6 Å². The Kier molecular flexibility index (Phi) is 6.49. The smallest absolute Gasteiger partial charge is 0.332 e. The third kappa shape index (κ3) is 4.37. The van der Waals surface area contributed by atoms with Crippen LogP contribution < -0.4 is 10.3 Å². The number of rotatable bonds is 7. The number of carbonyl (C=O) groups is 3. The second-order valence-electron chi connectivity index (χ2n) is 10.4. The predicted molar refractivity (Wildman–Crippen MR) is 137 cm³/mol. The van der Waals surface area contributed by atoms with E-state index in [0.717, 1.165) is 27.5 Å². The van der Waals surface area contributed by atoms with Crippen molar-refractivity contribution in [3.8, 4) is 5.75 Å². The summed E-state index contributed by atoms with van der Waals surface area (Å²) >= 11 is 0. The van der Waals surface area contributed by atoms with Gasteiger partial charge in [-0.25, -0.2) is 4.79 Å². The van der Waals surface area contributed by atoms with Crippen molar-refractivity contribution in [3.05, 3.63) is 76.7 Å². The van der Waals surface area contributed by atoms with E-state index < -0.39 is 23.3 Å². The number of aromatic nitrogens is 1. The van der Waals surface area contributed by atoms with Gasteiger partial charge in [0.15, 0.2) is 0 Å². The van der Waals surface area contributed by atoms with Crippen LogP contribution >= 0.6 is 0 Å². The van der Waals surface area contributed by atoms with Gasteiger partial charge < -0.3 is 14.2 Å². The number of amides is 4. The predicted octanol–water partition coefficient (Wildman–Crippen LogP) is 2.11. The summed E-state index contributed by atoms with van der Waals surface area (Å²) in [7, 11) is 2.87. The average Bonchev–Trinajstić information content (AvgIpc) is 2.90. The first-order valence-corrected chi connectivity index (χ1v) is 12.6. The number of nitrogens with zero attached hydrogens (tertiary/aromatic N) is 4. The van der Waals surface area contributed by atoms with Gasteiger partial charge in [0.2, 0.25) is 11.8 Å². The third-order valence-electron chi connectivity index (χ3n) is 7.85. The van der Waals surface area contributed by atoms with Gasteiger partial charge in [0.1, 0.15) is 17.8 Å². The van der Waals surface area contributed by atoms with Crippen LogP contribution in [0.25, 0.3) is 0 Å². The lowest BCUT2D eigenvalue weighted by Gasteiger charge is -2.48. The minimum Gasteiger partial charge on any atom is -0.490 e. The number of likely N-dealkylation sites (tertiary alicyclic amines) is 1. The van der Waals surface area contributed by atoms with Gasteiger partial charge in [-0.2, -0.15) is 0 Å². The van der Waals surface area contributed by atoms with Gasteiger partial charge in [0, 0.05) is 58.0 Å². The Balaban J connectivity index is 1.46. The lowest BCUT2D eigenvalue weighted by Crippen LogP contribution is -2.67. The summed E-state index contributed by atoms with van der Waals surface area (Å²) in [5.74, 6) is 0.0854. The molecule has 0 N–H and O–H groups in total. The summed E-state index contributed by atoms with van der Waals surface area (Å²) in [5.41, 5.74) is 0.376. The SMILES string of the molecule is C=CCOc1ccc(CC2(CN3CC4C[C@H](C3)c3cccc(=O)n3C4)C(=O)N(C)C(=O)N(C)C2=O)cc1. The Morgan fingerprint density at radius 1 is 0.973 bits per heavy atom. The van der Waals surface area contributed by atoms with Gasteiger partial charge >= 0.3 is 6.03 Å². The third-order valence-corrected chi connectivity index (χ3v) is 7.85. The Hall–Kier alpha value is -3.72. The Bertz CT molecular complexity index is 1280. The number of imide groups is 2. The standard InChI is InChI=1S/C28H32N4O5/c1-4-12-37-22-10-8-19(9-11-22)14-28(25(34)29(2)27(36)30(3)26(28)35)18-31-15-20-13-21(17-31)23-6-5-7-24(33)32(23)16-20/h4-11,20-21H,1,12-18H2,2-3H3/t20?,21-/m1/s1. The van der Waals surface area contributed by atoms with Crippen LogP contribution in [0.15, 0.2) is 59.9 Å². The highest BCUT2D eigenvalue weighted by Crippen LogP contribution is 2.39. The molecule has 9 nitrogen and oxygen atoms in total. The normalized spacial score (nSPS) is 23.1. The molecule has 0 radical (unpaired) electrons.